The third kappa shape index (κ3) is 5.04. The largest absolute Gasteiger partial charge is 0.315 e. The molecule has 1 heterocycles. The van der Waals surface area contributed by atoms with Gasteiger partial charge in [0.05, 0.1) is 0 Å². The number of hydrogen-bond donors (Lipinski definition) is 1. The number of nitrogens with one attached hydrogen (secondary N) is 1. The van der Waals surface area contributed by atoms with Gasteiger partial charge in [-0.2, -0.15) is 0 Å². The predicted octanol–water partition coefficient (Wildman–Crippen LogP) is 0.981. The van der Waals surface area contributed by atoms with E-state index in [0.717, 1.165) is 19.5 Å². The van der Waals surface area contributed by atoms with Crippen molar-refractivity contribution in [2.75, 3.05) is 19.3 Å². The van der Waals surface area contributed by atoms with Gasteiger partial charge in [-0.25, -0.2) is 0 Å². The molecule has 0 spiro atoms. The van der Waals surface area contributed by atoms with Crippen LogP contribution >= 0.6 is 0 Å². The monoisotopic (exact) mass is 226 g/mol. The van der Waals surface area contributed by atoms with Gasteiger partial charge in [0.2, 0.25) is 0 Å². The lowest BCUT2D eigenvalue weighted by Gasteiger charge is -2.09. The molecule has 0 amide bonds. The third-order valence-corrected chi connectivity index (χ3v) is 3.61. The Morgan fingerprint density at radius 1 is 1.60 bits per heavy atom. The minimum absolute atomic E-state index is 0.221. The van der Waals surface area contributed by atoms with Crippen molar-refractivity contribution in [2.45, 2.75) is 18.6 Å². The lowest BCUT2D eigenvalue weighted by atomic mass is 10.2. The summed E-state index contributed by atoms with van der Waals surface area (Å²) in [6.45, 7) is 3.71. The molecule has 0 bridgehead atoms. The molecule has 0 saturated heterocycles. The quantitative estimate of drug-likeness (QED) is 0.735. The Balaban J connectivity index is 2.15. The van der Waals surface area contributed by atoms with Crippen molar-refractivity contribution in [3.05, 3.63) is 30.1 Å². The van der Waals surface area contributed by atoms with Gasteiger partial charge in [-0.15, -0.1) is 0 Å². The average molecular weight is 226 g/mol. The summed E-state index contributed by atoms with van der Waals surface area (Å²) in [6.07, 6.45) is 6.37. The molecular formula is C11H18N2OS. The van der Waals surface area contributed by atoms with E-state index in [1.807, 2.05) is 19.2 Å². The summed E-state index contributed by atoms with van der Waals surface area (Å²) >= 11 is 0. The Kier molecular flexibility index (Phi) is 5.50. The molecule has 0 aromatic carbocycles. The predicted molar refractivity (Wildman–Crippen MR) is 64.3 cm³/mol. The molecule has 0 aliphatic carbocycles. The zero-order valence-electron chi connectivity index (χ0n) is 9.27. The van der Waals surface area contributed by atoms with Gasteiger partial charge in [0.25, 0.3) is 0 Å². The Morgan fingerprint density at radius 2 is 2.40 bits per heavy atom. The van der Waals surface area contributed by atoms with Crippen molar-refractivity contribution in [1.29, 1.82) is 0 Å². The number of pyridine rings is 1. The molecule has 1 rings (SSSR count). The third-order valence-electron chi connectivity index (χ3n) is 2.31. The first-order valence-corrected chi connectivity index (χ1v) is 6.74. The fourth-order valence-electron chi connectivity index (χ4n) is 1.20. The highest BCUT2D eigenvalue weighted by atomic mass is 32.2. The summed E-state index contributed by atoms with van der Waals surface area (Å²) in [5, 5.41) is 3.52. The fourth-order valence-corrected chi connectivity index (χ4v) is 1.55. The standard InChI is InChI=1S/C11H18N2OS/c1-10(15(2)14)8-13-7-5-11-4-3-6-12-9-11/h3-4,6,9-10,13H,5,7-8H2,1-2H3. The normalized spacial score (nSPS) is 14.8. The van der Waals surface area contributed by atoms with Crippen LogP contribution in [0, 0.1) is 0 Å². The van der Waals surface area contributed by atoms with Gasteiger partial charge in [0, 0.05) is 41.2 Å². The number of nitrogens with zero attached hydrogens (tertiary/aromatic N) is 1. The van der Waals surface area contributed by atoms with Crippen molar-refractivity contribution < 1.29 is 4.21 Å². The smallest absolute Gasteiger partial charge is 0.0441 e. The number of rotatable bonds is 6. The highest BCUT2D eigenvalue weighted by molar-refractivity contribution is 7.84. The van der Waals surface area contributed by atoms with Crippen molar-refractivity contribution in [3.63, 3.8) is 0 Å². The van der Waals surface area contributed by atoms with Crippen LogP contribution in [0.3, 0.4) is 0 Å². The molecule has 4 heteroatoms. The van der Waals surface area contributed by atoms with Gasteiger partial charge < -0.3 is 5.32 Å². The van der Waals surface area contributed by atoms with Crippen molar-refractivity contribution in [2.24, 2.45) is 0 Å². The topological polar surface area (TPSA) is 42.0 Å². The van der Waals surface area contributed by atoms with Gasteiger partial charge in [0.15, 0.2) is 0 Å². The summed E-state index contributed by atoms with van der Waals surface area (Å²) < 4.78 is 11.1. The van der Waals surface area contributed by atoms with E-state index < -0.39 is 10.8 Å². The first-order valence-electron chi connectivity index (χ1n) is 5.12. The van der Waals surface area contributed by atoms with Gasteiger partial charge in [-0.3, -0.25) is 9.19 Å². The van der Waals surface area contributed by atoms with E-state index in [4.69, 9.17) is 0 Å². The molecule has 0 aliphatic rings. The van der Waals surface area contributed by atoms with Crippen LogP contribution in [0.25, 0.3) is 0 Å². The molecular weight excluding hydrogens is 208 g/mol. The molecule has 1 aromatic rings. The second kappa shape index (κ2) is 6.69. The Labute approximate surface area is 93.8 Å². The number of hydrogen-bond acceptors (Lipinski definition) is 3. The van der Waals surface area contributed by atoms with E-state index in [1.165, 1.54) is 5.56 Å². The van der Waals surface area contributed by atoms with E-state index in [9.17, 15) is 4.21 Å². The summed E-state index contributed by atoms with van der Waals surface area (Å²) in [5.41, 5.74) is 1.23. The van der Waals surface area contributed by atoms with Crippen LogP contribution in [-0.2, 0) is 17.2 Å². The second-order valence-electron chi connectivity index (χ2n) is 3.62. The lowest BCUT2D eigenvalue weighted by molar-refractivity contribution is 0.646. The Hall–Kier alpha value is -0.740. The summed E-state index contributed by atoms with van der Waals surface area (Å²) in [6, 6.07) is 4.01. The van der Waals surface area contributed by atoms with Gasteiger partial charge in [-0.05, 0) is 31.5 Å². The molecule has 84 valence electrons. The lowest BCUT2D eigenvalue weighted by Crippen LogP contribution is -2.29. The van der Waals surface area contributed by atoms with Gasteiger partial charge >= 0.3 is 0 Å². The zero-order valence-corrected chi connectivity index (χ0v) is 10.1. The molecule has 2 unspecified atom stereocenters. The van der Waals surface area contributed by atoms with E-state index in [1.54, 1.807) is 12.5 Å². The van der Waals surface area contributed by atoms with Gasteiger partial charge in [0.1, 0.15) is 0 Å². The van der Waals surface area contributed by atoms with Gasteiger partial charge in [-0.1, -0.05) is 6.07 Å². The van der Waals surface area contributed by atoms with Crippen LogP contribution < -0.4 is 5.32 Å². The first kappa shape index (κ1) is 12.3. The highest BCUT2D eigenvalue weighted by Crippen LogP contribution is 1.96. The van der Waals surface area contributed by atoms with E-state index in [-0.39, 0.29) is 5.25 Å². The highest BCUT2D eigenvalue weighted by Gasteiger charge is 2.04. The van der Waals surface area contributed by atoms with Crippen molar-refractivity contribution in [1.82, 2.24) is 10.3 Å². The summed E-state index contributed by atoms with van der Waals surface area (Å²) in [7, 11) is -0.733. The fraction of sp³-hybridized carbons (Fsp3) is 0.545. The van der Waals surface area contributed by atoms with E-state index in [0.29, 0.717) is 0 Å². The van der Waals surface area contributed by atoms with E-state index >= 15 is 0 Å². The van der Waals surface area contributed by atoms with E-state index in [2.05, 4.69) is 16.4 Å². The minimum Gasteiger partial charge on any atom is -0.315 e. The van der Waals surface area contributed by atoms with Crippen molar-refractivity contribution >= 4 is 10.8 Å². The SMILES string of the molecule is CC(CNCCc1cccnc1)S(C)=O. The zero-order chi connectivity index (χ0) is 11.1. The molecule has 0 fully saturated rings. The Bertz CT molecular complexity index is 303. The maximum Gasteiger partial charge on any atom is 0.0441 e. The summed E-state index contributed by atoms with van der Waals surface area (Å²) in [4.78, 5) is 4.05. The molecule has 0 saturated carbocycles. The molecule has 15 heavy (non-hydrogen) atoms. The molecule has 2 atom stereocenters. The minimum atomic E-state index is -0.733. The van der Waals surface area contributed by atoms with Crippen LogP contribution in [-0.4, -0.2) is 33.8 Å². The van der Waals surface area contributed by atoms with Crippen LogP contribution in [0.2, 0.25) is 0 Å². The summed E-state index contributed by atoms with van der Waals surface area (Å²) in [5.74, 6) is 0. The molecule has 1 N–H and O–H groups in total. The molecule has 0 radical (unpaired) electrons. The molecule has 1 aromatic heterocycles. The van der Waals surface area contributed by atoms with Crippen LogP contribution in [0.4, 0.5) is 0 Å². The molecule has 3 nitrogen and oxygen atoms in total. The second-order valence-corrected chi connectivity index (χ2v) is 5.43. The maximum atomic E-state index is 11.1. The van der Waals surface area contributed by atoms with Crippen LogP contribution in [0.5, 0.6) is 0 Å². The molecule has 0 aliphatic heterocycles. The average Bonchev–Trinajstić information content (AvgIpc) is 2.25. The Morgan fingerprint density at radius 3 is 3.00 bits per heavy atom. The van der Waals surface area contributed by atoms with Crippen LogP contribution in [0.15, 0.2) is 24.5 Å². The number of aromatic nitrogens is 1. The first-order chi connectivity index (χ1) is 7.20. The maximum absolute atomic E-state index is 11.1. The van der Waals surface area contributed by atoms with Crippen LogP contribution in [0.1, 0.15) is 12.5 Å². The van der Waals surface area contributed by atoms with Crippen molar-refractivity contribution in [3.8, 4) is 0 Å².